The molecular formula is C18H19N3O2S. The number of benzene rings is 1. The van der Waals surface area contributed by atoms with Gasteiger partial charge in [0.25, 0.3) is 5.56 Å². The van der Waals surface area contributed by atoms with E-state index in [0.717, 1.165) is 23.0 Å². The van der Waals surface area contributed by atoms with Crippen LogP contribution in [0.4, 0.5) is 0 Å². The van der Waals surface area contributed by atoms with Gasteiger partial charge in [-0.05, 0) is 24.4 Å². The Morgan fingerprint density at radius 1 is 1.25 bits per heavy atom. The molecule has 0 aliphatic heterocycles. The molecule has 1 amide bonds. The van der Waals surface area contributed by atoms with Gasteiger partial charge in [-0.2, -0.15) is 0 Å². The number of aromatic nitrogens is 2. The number of carbonyl (C=O) groups is 1. The number of likely N-dealkylation sites (N-methyl/N-ethyl adjacent to an activating group) is 1. The Bertz CT molecular complexity index is 929. The molecule has 0 aliphatic rings. The average Bonchev–Trinajstić information content (AvgIpc) is 3.00. The minimum Gasteiger partial charge on any atom is -0.344 e. The lowest BCUT2D eigenvalue weighted by molar-refractivity contribution is -0.130. The van der Waals surface area contributed by atoms with Gasteiger partial charge in [0.2, 0.25) is 5.91 Å². The van der Waals surface area contributed by atoms with Crippen LogP contribution in [0.2, 0.25) is 0 Å². The lowest BCUT2D eigenvalue weighted by Gasteiger charge is -2.18. The summed E-state index contributed by atoms with van der Waals surface area (Å²) in [7, 11) is 1.77. The van der Waals surface area contributed by atoms with Gasteiger partial charge in [0.15, 0.2) is 0 Å². The second-order valence-corrected chi connectivity index (χ2v) is 6.68. The van der Waals surface area contributed by atoms with Crippen molar-refractivity contribution >= 4 is 28.1 Å². The van der Waals surface area contributed by atoms with Gasteiger partial charge in [0, 0.05) is 31.0 Å². The second kappa shape index (κ2) is 6.97. The molecule has 0 fully saturated rings. The molecule has 6 heteroatoms. The molecule has 0 aliphatic carbocycles. The number of hydrogen-bond acceptors (Lipinski definition) is 4. The minimum atomic E-state index is -0.159. The summed E-state index contributed by atoms with van der Waals surface area (Å²) in [6, 6.07) is 10.9. The monoisotopic (exact) mass is 341 g/mol. The van der Waals surface area contributed by atoms with E-state index in [1.54, 1.807) is 29.4 Å². The summed E-state index contributed by atoms with van der Waals surface area (Å²) < 4.78 is 1.53. The number of para-hydroxylation sites is 1. The molecule has 5 nitrogen and oxygen atoms in total. The van der Waals surface area contributed by atoms with Gasteiger partial charge < -0.3 is 4.90 Å². The Morgan fingerprint density at radius 2 is 2.04 bits per heavy atom. The summed E-state index contributed by atoms with van der Waals surface area (Å²) in [5.74, 6) is -0.0735. The second-order valence-electron chi connectivity index (χ2n) is 5.74. The molecule has 0 saturated heterocycles. The molecule has 0 saturated carbocycles. The van der Waals surface area contributed by atoms with Crippen LogP contribution in [0.5, 0.6) is 0 Å². The van der Waals surface area contributed by atoms with Crippen LogP contribution in [0.1, 0.15) is 10.6 Å². The molecule has 0 bridgehead atoms. The highest BCUT2D eigenvalue weighted by atomic mass is 32.1. The molecule has 3 rings (SSSR count). The third kappa shape index (κ3) is 3.38. The largest absolute Gasteiger partial charge is 0.344 e. The highest BCUT2D eigenvalue weighted by Crippen LogP contribution is 2.14. The molecule has 3 aromatic rings. The van der Waals surface area contributed by atoms with Crippen molar-refractivity contribution in [3.63, 3.8) is 0 Å². The topological polar surface area (TPSA) is 55.2 Å². The van der Waals surface area contributed by atoms with Gasteiger partial charge in [-0.1, -0.05) is 18.2 Å². The first kappa shape index (κ1) is 16.4. The summed E-state index contributed by atoms with van der Waals surface area (Å²) in [5, 5.41) is 0.952. The first-order valence-electron chi connectivity index (χ1n) is 7.78. The van der Waals surface area contributed by atoms with Crippen LogP contribution in [0.3, 0.4) is 0 Å². The number of nitrogens with zero attached hydrogens (tertiary/aromatic N) is 3. The van der Waals surface area contributed by atoms with Crippen LogP contribution in [-0.2, 0) is 17.8 Å². The molecule has 0 N–H and O–H groups in total. The van der Waals surface area contributed by atoms with Crippen molar-refractivity contribution in [2.45, 2.75) is 19.9 Å². The quantitative estimate of drug-likeness (QED) is 0.716. The number of pyridine rings is 1. The SMILES string of the molecule is Cc1ncsc1CCN(C)C(=O)Cn1c(=O)ccc2ccccc21. The maximum Gasteiger partial charge on any atom is 0.251 e. The standard InChI is InChI=1S/C18H19N3O2S/c1-13-16(24-12-19-13)9-10-20(2)18(23)11-21-15-6-4-3-5-14(15)7-8-17(21)22/h3-8,12H,9-11H2,1-2H3. The molecule has 0 unspecified atom stereocenters. The van der Waals surface area contributed by atoms with Crippen molar-refractivity contribution in [1.29, 1.82) is 0 Å². The summed E-state index contributed by atoms with van der Waals surface area (Å²) >= 11 is 1.61. The lowest BCUT2D eigenvalue weighted by atomic mass is 10.2. The average molecular weight is 341 g/mol. The summed E-state index contributed by atoms with van der Waals surface area (Å²) in [4.78, 5) is 31.8. The predicted molar refractivity (Wildman–Crippen MR) is 96.4 cm³/mol. The molecule has 1 aromatic carbocycles. The smallest absolute Gasteiger partial charge is 0.251 e. The van der Waals surface area contributed by atoms with Crippen molar-refractivity contribution in [3.05, 3.63) is 62.8 Å². The van der Waals surface area contributed by atoms with Crippen LogP contribution in [0.25, 0.3) is 10.9 Å². The Kier molecular flexibility index (Phi) is 4.76. The van der Waals surface area contributed by atoms with E-state index in [0.29, 0.717) is 6.54 Å². The maximum atomic E-state index is 12.5. The number of aryl methyl sites for hydroxylation is 1. The fourth-order valence-corrected chi connectivity index (χ4v) is 3.39. The van der Waals surface area contributed by atoms with E-state index in [4.69, 9.17) is 0 Å². The van der Waals surface area contributed by atoms with Crippen LogP contribution < -0.4 is 5.56 Å². The molecule has 0 radical (unpaired) electrons. The van der Waals surface area contributed by atoms with Crippen molar-refractivity contribution in [1.82, 2.24) is 14.5 Å². The highest BCUT2D eigenvalue weighted by Gasteiger charge is 2.13. The molecule has 124 valence electrons. The van der Waals surface area contributed by atoms with Crippen molar-refractivity contribution in [3.8, 4) is 0 Å². The van der Waals surface area contributed by atoms with Crippen molar-refractivity contribution in [2.24, 2.45) is 0 Å². The van der Waals surface area contributed by atoms with Crippen LogP contribution in [-0.4, -0.2) is 34.0 Å². The zero-order chi connectivity index (χ0) is 17.1. The zero-order valence-electron chi connectivity index (χ0n) is 13.7. The number of thiazole rings is 1. The third-order valence-electron chi connectivity index (χ3n) is 4.14. The highest BCUT2D eigenvalue weighted by molar-refractivity contribution is 7.09. The zero-order valence-corrected chi connectivity index (χ0v) is 14.5. The number of rotatable bonds is 5. The third-order valence-corrected chi connectivity index (χ3v) is 5.13. The van der Waals surface area contributed by atoms with Crippen molar-refractivity contribution in [2.75, 3.05) is 13.6 Å². The lowest BCUT2D eigenvalue weighted by Crippen LogP contribution is -2.35. The van der Waals surface area contributed by atoms with Crippen LogP contribution in [0.15, 0.2) is 46.7 Å². The van der Waals surface area contributed by atoms with Gasteiger partial charge in [-0.25, -0.2) is 4.98 Å². The molecule has 0 atom stereocenters. The van der Waals surface area contributed by atoms with Gasteiger partial charge in [-0.3, -0.25) is 14.2 Å². The van der Waals surface area contributed by atoms with Gasteiger partial charge in [0.05, 0.1) is 16.7 Å². The Hall–Kier alpha value is -2.47. The number of amides is 1. The van der Waals surface area contributed by atoms with Crippen molar-refractivity contribution < 1.29 is 4.79 Å². The van der Waals surface area contributed by atoms with Crippen LogP contribution >= 0.6 is 11.3 Å². The van der Waals surface area contributed by atoms with E-state index < -0.39 is 0 Å². The molecule has 2 aromatic heterocycles. The Labute approximate surface area is 144 Å². The number of carbonyl (C=O) groups excluding carboxylic acids is 1. The summed E-state index contributed by atoms with van der Waals surface area (Å²) in [5.41, 5.74) is 3.47. The molecule has 0 spiro atoms. The Morgan fingerprint density at radius 3 is 2.79 bits per heavy atom. The van der Waals surface area contributed by atoms with E-state index in [1.807, 2.05) is 36.7 Å². The first-order valence-corrected chi connectivity index (χ1v) is 8.66. The first-order chi connectivity index (χ1) is 11.6. The Balaban J connectivity index is 1.74. The van der Waals surface area contributed by atoms with E-state index in [9.17, 15) is 9.59 Å². The van der Waals surface area contributed by atoms with Gasteiger partial charge in [0.1, 0.15) is 6.54 Å². The van der Waals surface area contributed by atoms with E-state index in [-0.39, 0.29) is 18.0 Å². The molecule has 24 heavy (non-hydrogen) atoms. The maximum absolute atomic E-state index is 12.5. The minimum absolute atomic E-state index is 0.0539. The van der Waals surface area contributed by atoms with Crippen LogP contribution in [0, 0.1) is 6.92 Å². The molecular weight excluding hydrogens is 322 g/mol. The summed E-state index contributed by atoms with van der Waals surface area (Å²) in [6.45, 7) is 2.64. The van der Waals surface area contributed by atoms with E-state index in [2.05, 4.69) is 4.98 Å². The predicted octanol–water partition coefficient (Wildman–Crippen LogP) is 2.47. The fourth-order valence-electron chi connectivity index (χ4n) is 2.62. The fraction of sp³-hybridized carbons (Fsp3) is 0.278. The normalized spacial score (nSPS) is 10.9. The number of hydrogen-bond donors (Lipinski definition) is 0. The van der Waals surface area contributed by atoms with Gasteiger partial charge >= 0.3 is 0 Å². The number of fused-ring (bicyclic) bond motifs is 1. The van der Waals surface area contributed by atoms with Gasteiger partial charge in [-0.15, -0.1) is 11.3 Å². The summed E-state index contributed by atoms with van der Waals surface area (Å²) in [6.07, 6.45) is 0.781. The molecule has 2 heterocycles. The van der Waals surface area contributed by atoms with E-state index >= 15 is 0 Å². The van der Waals surface area contributed by atoms with E-state index in [1.165, 1.54) is 15.5 Å².